The van der Waals surface area contributed by atoms with Crippen molar-refractivity contribution in [1.82, 2.24) is 0 Å². The molecule has 0 saturated carbocycles. The molecule has 0 saturated heterocycles. The van der Waals surface area contributed by atoms with Crippen LogP contribution in [0, 0.1) is 0 Å². The van der Waals surface area contributed by atoms with Crippen molar-refractivity contribution in [3.8, 4) is 17.2 Å². The second kappa shape index (κ2) is 6.10. The summed E-state index contributed by atoms with van der Waals surface area (Å²) in [5, 5.41) is 9.93. The maximum atomic E-state index is 9.93. The van der Waals surface area contributed by atoms with Gasteiger partial charge in [0.2, 0.25) is 0 Å². The van der Waals surface area contributed by atoms with E-state index in [4.69, 9.17) is 4.74 Å². The second-order valence-corrected chi connectivity index (χ2v) is 4.28. The molecule has 1 N–H and O–H groups in total. The molecule has 18 heavy (non-hydrogen) atoms. The van der Waals surface area contributed by atoms with Crippen molar-refractivity contribution in [1.29, 1.82) is 0 Å². The molecule has 0 aliphatic rings. The normalized spacial score (nSPS) is 10.3. The summed E-state index contributed by atoms with van der Waals surface area (Å²) in [7, 11) is 0. The van der Waals surface area contributed by atoms with Crippen LogP contribution in [0.3, 0.4) is 0 Å². The lowest BCUT2D eigenvalue weighted by atomic mass is 10.1. The van der Waals surface area contributed by atoms with E-state index in [-0.39, 0.29) is 5.75 Å². The average molecular weight is 242 g/mol. The molecule has 0 aliphatic carbocycles. The van der Waals surface area contributed by atoms with Crippen molar-refractivity contribution in [2.24, 2.45) is 0 Å². The number of phenols is 1. The number of para-hydroxylation sites is 2. The largest absolute Gasteiger partial charge is 0.504 e. The predicted octanol–water partition coefficient (Wildman–Crippen LogP) is 4.53. The molecule has 2 heteroatoms. The molecule has 0 unspecified atom stereocenters. The third kappa shape index (κ3) is 3.04. The molecule has 2 aromatic rings. The minimum absolute atomic E-state index is 0.201. The molecule has 0 aromatic heterocycles. The van der Waals surface area contributed by atoms with E-state index in [2.05, 4.69) is 6.92 Å². The molecule has 2 nitrogen and oxygen atoms in total. The first-order valence-electron chi connectivity index (χ1n) is 6.35. The molecule has 0 aliphatic heterocycles. The summed E-state index contributed by atoms with van der Waals surface area (Å²) in [6.45, 7) is 2.15. The smallest absolute Gasteiger partial charge is 0.172 e. The fourth-order valence-corrected chi connectivity index (χ4v) is 1.86. The van der Waals surface area contributed by atoms with Crippen LogP contribution in [0.2, 0.25) is 0 Å². The van der Waals surface area contributed by atoms with Gasteiger partial charge < -0.3 is 9.84 Å². The van der Waals surface area contributed by atoms with E-state index in [9.17, 15) is 5.11 Å². The molecular formula is C16H18O2. The van der Waals surface area contributed by atoms with Gasteiger partial charge in [-0.3, -0.25) is 0 Å². The number of rotatable bonds is 5. The van der Waals surface area contributed by atoms with Crippen LogP contribution >= 0.6 is 0 Å². The SMILES string of the molecule is CCCCc1cccc(O)c1Oc1ccccc1. The van der Waals surface area contributed by atoms with Crippen LogP contribution in [0.15, 0.2) is 48.5 Å². The number of unbranched alkanes of at least 4 members (excludes halogenated alkanes) is 1. The highest BCUT2D eigenvalue weighted by molar-refractivity contribution is 5.48. The Kier molecular flexibility index (Phi) is 4.24. The molecule has 0 atom stereocenters. The van der Waals surface area contributed by atoms with Crippen LogP contribution in [0.25, 0.3) is 0 Å². The summed E-state index contributed by atoms with van der Waals surface area (Å²) < 4.78 is 5.79. The van der Waals surface area contributed by atoms with Crippen molar-refractivity contribution in [2.75, 3.05) is 0 Å². The quantitative estimate of drug-likeness (QED) is 0.834. The molecule has 2 rings (SSSR count). The van der Waals surface area contributed by atoms with E-state index in [1.165, 1.54) is 0 Å². The standard InChI is InChI=1S/C16H18O2/c1-2-3-8-13-9-7-12-15(17)16(13)18-14-10-5-4-6-11-14/h4-7,9-12,17H,2-3,8H2,1H3. The highest BCUT2D eigenvalue weighted by Crippen LogP contribution is 2.34. The second-order valence-electron chi connectivity index (χ2n) is 4.28. The highest BCUT2D eigenvalue weighted by atomic mass is 16.5. The molecule has 94 valence electrons. The van der Waals surface area contributed by atoms with Crippen LogP contribution in [-0.2, 0) is 6.42 Å². The van der Waals surface area contributed by atoms with E-state index < -0.39 is 0 Å². The Balaban J connectivity index is 2.25. The summed E-state index contributed by atoms with van der Waals surface area (Å²) in [4.78, 5) is 0. The summed E-state index contributed by atoms with van der Waals surface area (Å²) in [5.74, 6) is 1.53. The number of aryl methyl sites for hydroxylation is 1. The predicted molar refractivity (Wildman–Crippen MR) is 73.2 cm³/mol. The van der Waals surface area contributed by atoms with Gasteiger partial charge in [-0.05, 0) is 36.6 Å². The van der Waals surface area contributed by atoms with E-state index >= 15 is 0 Å². The lowest BCUT2D eigenvalue weighted by Gasteiger charge is -2.12. The Morgan fingerprint density at radius 3 is 2.50 bits per heavy atom. The Morgan fingerprint density at radius 2 is 1.78 bits per heavy atom. The molecule has 0 bridgehead atoms. The number of aromatic hydroxyl groups is 1. The molecule has 2 aromatic carbocycles. The van der Waals surface area contributed by atoms with Gasteiger partial charge in [0.25, 0.3) is 0 Å². The maximum Gasteiger partial charge on any atom is 0.172 e. The third-order valence-electron chi connectivity index (χ3n) is 2.84. The fourth-order valence-electron chi connectivity index (χ4n) is 1.86. The Labute approximate surface area is 108 Å². The number of ether oxygens (including phenoxy) is 1. The first-order chi connectivity index (χ1) is 8.81. The minimum Gasteiger partial charge on any atom is -0.504 e. The van der Waals surface area contributed by atoms with Crippen LogP contribution in [0.4, 0.5) is 0 Å². The number of benzene rings is 2. The Morgan fingerprint density at radius 1 is 1.00 bits per heavy atom. The van der Waals surface area contributed by atoms with Crippen LogP contribution in [0.5, 0.6) is 17.2 Å². The number of phenolic OH excluding ortho intramolecular Hbond substituents is 1. The molecule has 0 fully saturated rings. The maximum absolute atomic E-state index is 9.93. The van der Waals surface area contributed by atoms with Crippen LogP contribution < -0.4 is 4.74 Å². The summed E-state index contributed by atoms with van der Waals surface area (Å²) >= 11 is 0. The fraction of sp³-hybridized carbons (Fsp3) is 0.250. The van der Waals surface area contributed by atoms with Crippen molar-refractivity contribution in [3.63, 3.8) is 0 Å². The average Bonchev–Trinajstić information content (AvgIpc) is 2.41. The van der Waals surface area contributed by atoms with Gasteiger partial charge in [0.05, 0.1) is 0 Å². The number of hydrogen-bond donors (Lipinski definition) is 1. The zero-order valence-corrected chi connectivity index (χ0v) is 10.6. The Bertz CT molecular complexity index is 492. The van der Waals surface area contributed by atoms with Gasteiger partial charge in [-0.15, -0.1) is 0 Å². The van der Waals surface area contributed by atoms with Crippen molar-refractivity contribution >= 4 is 0 Å². The first-order valence-corrected chi connectivity index (χ1v) is 6.35. The van der Waals surface area contributed by atoms with Gasteiger partial charge in [-0.25, -0.2) is 0 Å². The van der Waals surface area contributed by atoms with E-state index in [0.717, 1.165) is 30.6 Å². The number of hydrogen-bond acceptors (Lipinski definition) is 2. The molecule has 0 radical (unpaired) electrons. The third-order valence-corrected chi connectivity index (χ3v) is 2.84. The lowest BCUT2D eigenvalue weighted by molar-refractivity contribution is 0.407. The summed E-state index contributed by atoms with van der Waals surface area (Å²) in [5.41, 5.74) is 1.06. The van der Waals surface area contributed by atoms with Crippen LogP contribution in [0.1, 0.15) is 25.3 Å². The van der Waals surface area contributed by atoms with E-state index in [1.54, 1.807) is 6.07 Å². The molecular weight excluding hydrogens is 224 g/mol. The molecule has 0 amide bonds. The van der Waals surface area contributed by atoms with E-state index in [1.807, 2.05) is 42.5 Å². The van der Waals surface area contributed by atoms with Gasteiger partial charge in [-0.2, -0.15) is 0 Å². The van der Waals surface area contributed by atoms with E-state index in [0.29, 0.717) is 5.75 Å². The zero-order valence-electron chi connectivity index (χ0n) is 10.6. The van der Waals surface area contributed by atoms with Crippen molar-refractivity contribution in [2.45, 2.75) is 26.2 Å². The molecule has 0 spiro atoms. The molecule has 0 heterocycles. The van der Waals surface area contributed by atoms with Crippen molar-refractivity contribution < 1.29 is 9.84 Å². The lowest BCUT2D eigenvalue weighted by Crippen LogP contribution is -1.92. The van der Waals surface area contributed by atoms with Gasteiger partial charge in [0, 0.05) is 0 Å². The summed E-state index contributed by atoms with van der Waals surface area (Å²) in [6.07, 6.45) is 3.14. The van der Waals surface area contributed by atoms with Gasteiger partial charge in [-0.1, -0.05) is 43.7 Å². The zero-order chi connectivity index (χ0) is 12.8. The topological polar surface area (TPSA) is 29.5 Å². The van der Waals surface area contributed by atoms with Gasteiger partial charge in [0.15, 0.2) is 11.5 Å². The van der Waals surface area contributed by atoms with Gasteiger partial charge >= 0.3 is 0 Å². The highest BCUT2D eigenvalue weighted by Gasteiger charge is 2.09. The van der Waals surface area contributed by atoms with Gasteiger partial charge in [0.1, 0.15) is 5.75 Å². The van der Waals surface area contributed by atoms with Crippen LogP contribution in [-0.4, -0.2) is 5.11 Å². The summed E-state index contributed by atoms with van der Waals surface area (Å²) in [6, 6.07) is 15.1. The van der Waals surface area contributed by atoms with Crippen molar-refractivity contribution in [3.05, 3.63) is 54.1 Å². The Hall–Kier alpha value is -1.96. The minimum atomic E-state index is 0.201. The monoisotopic (exact) mass is 242 g/mol. The first kappa shape index (κ1) is 12.5.